The zero-order valence-corrected chi connectivity index (χ0v) is 15.1. The van der Waals surface area contributed by atoms with Crippen LogP contribution in [0.5, 0.6) is 0 Å². The predicted octanol–water partition coefficient (Wildman–Crippen LogP) is 2.26. The van der Waals surface area contributed by atoms with Gasteiger partial charge in [-0.05, 0) is 26.3 Å². The molecule has 1 amide bonds. The number of amides is 1. The summed E-state index contributed by atoms with van der Waals surface area (Å²) in [5.41, 5.74) is 0.745. The van der Waals surface area contributed by atoms with Gasteiger partial charge in [-0.3, -0.25) is 4.79 Å². The number of nitrogens with zero attached hydrogens (tertiary/aromatic N) is 6. The smallest absolute Gasteiger partial charge is 0.263 e. The van der Waals surface area contributed by atoms with E-state index >= 15 is 0 Å². The fourth-order valence-electron chi connectivity index (χ4n) is 2.45. The van der Waals surface area contributed by atoms with E-state index in [0.717, 1.165) is 11.5 Å². The first-order chi connectivity index (χ1) is 12.1. The number of nitrogens with one attached hydrogen (secondary N) is 1. The van der Waals surface area contributed by atoms with Gasteiger partial charge in [0, 0.05) is 18.9 Å². The van der Waals surface area contributed by atoms with Crippen molar-refractivity contribution in [2.24, 2.45) is 0 Å². The molecule has 0 spiro atoms. The number of rotatable bonds is 6. The summed E-state index contributed by atoms with van der Waals surface area (Å²) in [5, 5.41) is 7.77. The highest BCUT2D eigenvalue weighted by Crippen LogP contribution is 2.26. The molecule has 3 aromatic heterocycles. The van der Waals surface area contributed by atoms with Crippen molar-refractivity contribution < 1.29 is 4.79 Å². The molecule has 0 aromatic carbocycles. The van der Waals surface area contributed by atoms with Crippen LogP contribution in [0.15, 0.2) is 24.8 Å². The van der Waals surface area contributed by atoms with Crippen LogP contribution in [0.25, 0.3) is 10.8 Å². The van der Waals surface area contributed by atoms with E-state index in [2.05, 4.69) is 30.4 Å². The highest BCUT2D eigenvalue weighted by molar-refractivity contribution is 7.17. The maximum absolute atomic E-state index is 12.7. The SMILES string of the molecule is CCc1nc(-c2ncccn2)sc1C(=O)NC(C)c1ncnn1CC. The van der Waals surface area contributed by atoms with Crippen molar-refractivity contribution in [3.63, 3.8) is 0 Å². The number of carbonyl (C=O) groups is 1. The number of carbonyl (C=O) groups excluding carboxylic acids is 1. The first kappa shape index (κ1) is 17.2. The Morgan fingerprint density at radius 3 is 2.72 bits per heavy atom. The van der Waals surface area contributed by atoms with E-state index in [1.54, 1.807) is 23.1 Å². The zero-order valence-electron chi connectivity index (χ0n) is 14.3. The van der Waals surface area contributed by atoms with E-state index in [9.17, 15) is 4.79 Å². The van der Waals surface area contributed by atoms with Crippen LogP contribution >= 0.6 is 11.3 Å². The van der Waals surface area contributed by atoms with Crippen LogP contribution in [0.1, 0.15) is 48.0 Å². The minimum absolute atomic E-state index is 0.172. The van der Waals surface area contributed by atoms with Crippen LogP contribution in [0.3, 0.4) is 0 Å². The van der Waals surface area contributed by atoms with Crippen LogP contribution in [0.2, 0.25) is 0 Å². The molecule has 0 bridgehead atoms. The molecule has 3 heterocycles. The molecule has 8 nitrogen and oxygen atoms in total. The molecule has 130 valence electrons. The van der Waals surface area contributed by atoms with Gasteiger partial charge < -0.3 is 5.32 Å². The molecule has 3 aromatic rings. The molecular weight excluding hydrogens is 338 g/mol. The van der Waals surface area contributed by atoms with Crippen molar-refractivity contribution in [2.75, 3.05) is 0 Å². The molecule has 0 radical (unpaired) electrons. The maximum Gasteiger partial charge on any atom is 0.263 e. The Bertz CT molecular complexity index is 859. The first-order valence-corrected chi connectivity index (χ1v) is 8.91. The van der Waals surface area contributed by atoms with E-state index < -0.39 is 0 Å². The van der Waals surface area contributed by atoms with Crippen molar-refractivity contribution in [1.29, 1.82) is 0 Å². The van der Waals surface area contributed by atoms with Gasteiger partial charge in [-0.25, -0.2) is 24.6 Å². The number of aryl methyl sites for hydroxylation is 2. The van der Waals surface area contributed by atoms with Gasteiger partial charge in [0.15, 0.2) is 10.8 Å². The van der Waals surface area contributed by atoms with E-state index in [4.69, 9.17) is 0 Å². The lowest BCUT2D eigenvalue weighted by Crippen LogP contribution is -2.29. The van der Waals surface area contributed by atoms with E-state index in [-0.39, 0.29) is 11.9 Å². The summed E-state index contributed by atoms with van der Waals surface area (Å²) >= 11 is 1.30. The molecule has 0 saturated heterocycles. The summed E-state index contributed by atoms with van der Waals surface area (Å²) in [6, 6.07) is 1.50. The van der Waals surface area contributed by atoms with Crippen LogP contribution < -0.4 is 5.32 Å². The molecular formula is C16H19N7OS. The minimum Gasteiger partial charge on any atom is -0.342 e. The molecule has 1 N–H and O–H groups in total. The molecule has 9 heteroatoms. The summed E-state index contributed by atoms with van der Waals surface area (Å²) in [6.45, 7) is 6.55. The van der Waals surface area contributed by atoms with Crippen LogP contribution in [0, 0.1) is 0 Å². The Labute approximate surface area is 149 Å². The second-order valence-corrected chi connectivity index (χ2v) is 6.35. The topological polar surface area (TPSA) is 98.5 Å². The highest BCUT2D eigenvalue weighted by atomic mass is 32.1. The quantitative estimate of drug-likeness (QED) is 0.726. The highest BCUT2D eigenvalue weighted by Gasteiger charge is 2.22. The van der Waals surface area contributed by atoms with Crippen molar-refractivity contribution in [3.05, 3.63) is 41.2 Å². The summed E-state index contributed by atoms with van der Waals surface area (Å²) in [5.74, 6) is 1.08. The van der Waals surface area contributed by atoms with Gasteiger partial charge in [-0.1, -0.05) is 6.92 Å². The molecule has 0 fully saturated rings. The normalized spacial score (nSPS) is 12.1. The van der Waals surface area contributed by atoms with Gasteiger partial charge in [0.2, 0.25) is 0 Å². The van der Waals surface area contributed by atoms with Gasteiger partial charge >= 0.3 is 0 Å². The van der Waals surface area contributed by atoms with Crippen molar-refractivity contribution >= 4 is 17.2 Å². The van der Waals surface area contributed by atoms with Crippen LogP contribution in [-0.2, 0) is 13.0 Å². The number of hydrogen-bond donors (Lipinski definition) is 1. The lowest BCUT2D eigenvalue weighted by atomic mass is 10.2. The Morgan fingerprint density at radius 2 is 2.04 bits per heavy atom. The Kier molecular flexibility index (Phi) is 5.13. The Morgan fingerprint density at radius 1 is 1.28 bits per heavy atom. The van der Waals surface area contributed by atoms with E-state index in [1.165, 1.54) is 17.7 Å². The number of thiazole rings is 1. The largest absolute Gasteiger partial charge is 0.342 e. The minimum atomic E-state index is -0.252. The van der Waals surface area contributed by atoms with Crippen molar-refractivity contribution in [3.8, 4) is 10.8 Å². The molecule has 3 rings (SSSR count). The number of aromatic nitrogens is 6. The zero-order chi connectivity index (χ0) is 17.8. The monoisotopic (exact) mass is 357 g/mol. The number of hydrogen-bond acceptors (Lipinski definition) is 7. The third-order valence-electron chi connectivity index (χ3n) is 3.68. The summed E-state index contributed by atoms with van der Waals surface area (Å²) in [6.07, 6.45) is 5.48. The molecule has 0 saturated carbocycles. The predicted molar refractivity (Wildman–Crippen MR) is 94.1 cm³/mol. The Balaban J connectivity index is 1.83. The van der Waals surface area contributed by atoms with Crippen molar-refractivity contribution in [1.82, 2.24) is 35.0 Å². The fraction of sp³-hybridized carbons (Fsp3) is 0.375. The van der Waals surface area contributed by atoms with E-state index in [1.807, 2.05) is 20.8 Å². The molecule has 1 unspecified atom stereocenters. The summed E-state index contributed by atoms with van der Waals surface area (Å²) < 4.78 is 1.77. The lowest BCUT2D eigenvalue weighted by molar-refractivity contribution is 0.0940. The van der Waals surface area contributed by atoms with Crippen molar-refractivity contribution in [2.45, 2.75) is 39.8 Å². The Hall–Kier alpha value is -2.68. The molecule has 1 atom stereocenters. The van der Waals surface area contributed by atoms with Gasteiger partial charge in [0.05, 0.1) is 11.7 Å². The second-order valence-electron chi connectivity index (χ2n) is 5.35. The van der Waals surface area contributed by atoms with E-state index in [0.29, 0.717) is 28.7 Å². The molecule has 0 aliphatic heterocycles. The average Bonchev–Trinajstić information content (AvgIpc) is 3.29. The maximum atomic E-state index is 12.7. The first-order valence-electron chi connectivity index (χ1n) is 8.09. The molecule has 0 aliphatic rings. The third kappa shape index (κ3) is 3.55. The van der Waals surface area contributed by atoms with Gasteiger partial charge in [-0.15, -0.1) is 11.3 Å². The standard InChI is InChI=1S/C16H19N7OS/c1-4-11-12(25-16(22-11)13-17-7-6-8-18-13)15(24)21-10(3)14-19-9-20-23(14)5-2/h6-10H,4-5H2,1-3H3,(H,21,24). The molecule has 25 heavy (non-hydrogen) atoms. The third-order valence-corrected chi connectivity index (χ3v) is 4.77. The average molecular weight is 357 g/mol. The van der Waals surface area contributed by atoms with Gasteiger partial charge in [-0.2, -0.15) is 5.10 Å². The fourth-order valence-corrected chi connectivity index (χ4v) is 3.46. The molecule has 0 aliphatic carbocycles. The van der Waals surface area contributed by atoms with Crippen LogP contribution in [0.4, 0.5) is 0 Å². The summed E-state index contributed by atoms with van der Waals surface area (Å²) in [7, 11) is 0. The second kappa shape index (κ2) is 7.47. The van der Waals surface area contributed by atoms with Gasteiger partial charge in [0.1, 0.15) is 17.0 Å². The van der Waals surface area contributed by atoms with Crippen LogP contribution in [-0.4, -0.2) is 35.6 Å². The van der Waals surface area contributed by atoms with Gasteiger partial charge in [0.25, 0.3) is 5.91 Å². The lowest BCUT2D eigenvalue weighted by Gasteiger charge is -2.13. The summed E-state index contributed by atoms with van der Waals surface area (Å²) in [4.78, 5) is 30.5.